The summed E-state index contributed by atoms with van der Waals surface area (Å²) in [6, 6.07) is 1.99. The average Bonchev–Trinajstić information content (AvgIpc) is 3.07. The van der Waals surface area contributed by atoms with E-state index in [1.807, 2.05) is 13.8 Å². The first-order chi connectivity index (χ1) is 10.1. The molecule has 0 spiro atoms. The Morgan fingerprint density at radius 2 is 2.43 bits per heavy atom. The minimum Gasteiger partial charge on any atom is -0.396 e. The molecule has 8 heteroatoms. The number of thiophene rings is 1. The van der Waals surface area contributed by atoms with Crippen LogP contribution in [0.2, 0.25) is 0 Å². The molecule has 0 aromatic carbocycles. The van der Waals surface area contributed by atoms with Crippen molar-refractivity contribution in [2.24, 2.45) is 0 Å². The summed E-state index contributed by atoms with van der Waals surface area (Å²) in [5, 5.41) is 22.4. The molecule has 1 unspecified atom stereocenters. The molecule has 7 nitrogen and oxygen atoms in total. The number of nitrogen functional groups attached to an aromatic ring is 1. The number of anilines is 2. The van der Waals surface area contributed by atoms with E-state index in [-0.39, 0.29) is 17.6 Å². The molecule has 2 heterocycles. The zero-order valence-electron chi connectivity index (χ0n) is 11.7. The van der Waals surface area contributed by atoms with Crippen LogP contribution in [-0.2, 0) is 0 Å². The SMILES string of the molecule is CCNC(=O)c1sc(NC(C)c2cn[nH]c2)c(C#N)c1N. The predicted molar refractivity (Wildman–Crippen MR) is 82.1 cm³/mol. The monoisotopic (exact) mass is 304 g/mol. The molecule has 1 atom stereocenters. The standard InChI is InChI=1S/C13H16N6OS/c1-3-16-12(20)11-10(15)9(4-14)13(21-11)19-7(2)8-5-17-18-6-8/h5-7,19H,3,15H2,1-2H3,(H,16,20)(H,17,18). The molecule has 0 saturated heterocycles. The lowest BCUT2D eigenvalue weighted by molar-refractivity contribution is 0.0960. The Kier molecular flexibility index (Phi) is 4.45. The second-order valence-electron chi connectivity index (χ2n) is 4.42. The van der Waals surface area contributed by atoms with Crippen LogP contribution in [0.3, 0.4) is 0 Å². The third-order valence-electron chi connectivity index (χ3n) is 2.97. The molecule has 0 aliphatic rings. The van der Waals surface area contributed by atoms with Gasteiger partial charge in [0.2, 0.25) is 0 Å². The summed E-state index contributed by atoms with van der Waals surface area (Å²) < 4.78 is 0. The summed E-state index contributed by atoms with van der Waals surface area (Å²) in [5.41, 5.74) is 7.38. The van der Waals surface area contributed by atoms with Crippen LogP contribution in [-0.4, -0.2) is 22.6 Å². The highest BCUT2D eigenvalue weighted by Gasteiger charge is 2.22. The van der Waals surface area contributed by atoms with Gasteiger partial charge in [-0.1, -0.05) is 0 Å². The fraction of sp³-hybridized carbons (Fsp3) is 0.308. The van der Waals surface area contributed by atoms with Crippen molar-refractivity contribution in [1.29, 1.82) is 5.26 Å². The van der Waals surface area contributed by atoms with E-state index in [0.717, 1.165) is 5.56 Å². The molecule has 0 fully saturated rings. The number of carbonyl (C=O) groups excluding carboxylic acids is 1. The van der Waals surface area contributed by atoms with Gasteiger partial charge in [0.05, 0.1) is 17.9 Å². The third-order valence-corrected chi connectivity index (χ3v) is 4.10. The normalized spacial score (nSPS) is 11.7. The van der Waals surface area contributed by atoms with Crippen molar-refractivity contribution in [3.05, 3.63) is 28.4 Å². The van der Waals surface area contributed by atoms with E-state index >= 15 is 0 Å². The third kappa shape index (κ3) is 2.98. The number of hydrogen-bond acceptors (Lipinski definition) is 6. The first-order valence-electron chi connectivity index (χ1n) is 6.44. The predicted octanol–water partition coefficient (Wildman–Crippen LogP) is 1.85. The molecule has 2 aromatic rings. The second-order valence-corrected chi connectivity index (χ2v) is 5.44. The largest absolute Gasteiger partial charge is 0.396 e. The van der Waals surface area contributed by atoms with E-state index in [1.54, 1.807) is 12.4 Å². The van der Waals surface area contributed by atoms with Gasteiger partial charge in [-0.25, -0.2) is 0 Å². The van der Waals surface area contributed by atoms with Crippen molar-refractivity contribution in [2.45, 2.75) is 19.9 Å². The molecule has 1 amide bonds. The van der Waals surface area contributed by atoms with Crippen LogP contribution in [0.1, 0.15) is 40.7 Å². The first kappa shape index (κ1) is 14.9. The molecule has 2 rings (SSSR count). The summed E-state index contributed by atoms with van der Waals surface area (Å²) in [7, 11) is 0. The number of nitrogens with two attached hydrogens (primary N) is 1. The number of amides is 1. The summed E-state index contributed by atoms with van der Waals surface area (Å²) >= 11 is 1.18. The Morgan fingerprint density at radius 1 is 1.67 bits per heavy atom. The second kappa shape index (κ2) is 6.28. The molecule has 21 heavy (non-hydrogen) atoms. The Balaban J connectivity index is 2.29. The maximum Gasteiger partial charge on any atom is 0.263 e. The highest BCUT2D eigenvalue weighted by molar-refractivity contribution is 7.18. The molecular formula is C13H16N6OS. The summed E-state index contributed by atoms with van der Waals surface area (Å²) in [6.07, 6.45) is 3.47. The first-order valence-corrected chi connectivity index (χ1v) is 7.25. The van der Waals surface area contributed by atoms with Crippen LogP contribution in [0.5, 0.6) is 0 Å². The topological polar surface area (TPSA) is 120 Å². The van der Waals surface area contributed by atoms with Gasteiger partial charge in [0.25, 0.3) is 5.91 Å². The highest BCUT2D eigenvalue weighted by atomic mass is 32.1. The number of carbonyl (C=O) groups is 1. The fourth-order valence-corrected chi connectivity index (χ4v) is 2.92. The van der Waals surface area contributed by atoms with Crippen molar-refractivity contribution in [1.82, 2.24) is 15.5 Å². The van der Waals surface area contributed by atoms with Gasteiger partial charge in [0.1, 0.15) is 21.5 Å². The smallest absolute Gasteiger partial charge is 0.263 e. The van der Waals surface area contributed by atoms with E-state index in [9.17, 15) is 10.1 Å². The summed E-state index contributed by atoms with van der Waals surface area (Å²) in [4.78, 5) is 12.3. The molecular weight excluding hydrogens is 288 g/mol. The number of nitrogens with one attached hydrogen (secondary N) is 3. The van der Waals surface area contributed by atoms with Gasteiger partial charge in [-0.05, 0) is 13.8 Å². The van der Waals surface area contributed by atoms with Crippen molar-refractivity contribution in [2.75, 3.05) is 17.6 Å². The van der Waals surface area contributed by atoms with Crippen LogP contribution in [0.15, 0.2) is 12.4 Å². The van der Waals surface area contributed by atoms with Gasteiger partial charge in [-0.15, -0.1) is 11.3 Å². The quantitative estimate of drug-likeness (QED) is 0.672. The van der Waals surface area contributed by atoms with Crippen LogP contribution in [0, 0.1) is 11.3 Å². The molecule has 0 aliphatic carbocycles. The number of hydrogen-bond donors (Lipinski definition) is 4. The molecule has 5 N–H and O–H groups in total. The minimum atomic E-state index is -0.263. The molecule has 0 aliphatic heterocycles. The number of aromatic amines is 1. The average molecular weight is 304 g/mol. The van der Waals surface area contributed by atoms with E-state index in [2.05, 4.69) is 26.9 Å². The molecule has 0 saturated carbocycles. The Hall–Kier alpha value is -2.53. The van der Waals surface area contributed by atoms with Gasteiger partial charge in [0.15, 0.2) is 0 Å². The minimum absolute atomic E-state index is 0.0593. The maximum absolute atomic E-state index is 11.9. The van der Waals surface area contributed by atoms with Crippen LogP contribution in [0.25, 0.3) is 0 Å². The maximum atomic E-state index is 11.9. The van der Waals surface area contributed by atoms with Crippen molar-refractivity contribution in [3.63, 3.8) is 0 Å². The van der Waals surface area contributed by atoms with E-state index in [4.69, 9.17) is 5.73 Å². The number of aromatic nitrogens is 2. The van der Waals surface area contributed by atoms with Crippen LogP contribution < -0.4 is 16.4 Å². The van der Waals surface area contributed by atoms with Crippen molar-refractivity contribution in [3.8, 4) is 6.07 Å². The zero-order chi connectivity index (χ0) is 15.4. The van der Waals surface area contributed by atoms with E-state index in [1.165, 1.54) is 11.3 Å². The number of H-pyrrole nitrogens is 1. The van der Waals surface area contributed by atoms with Gasteiger partial charge in [-0.3, -0.25) is 9.89 Å². The highest BCUT2D eigenvalue weighted by Crippen LogP contribution is 2.36. The van der Waals surface area contributed by atoms with Gasteiger partial charge < -0.3 is 16.4 Å². The van der Waals surface area contributed by atoms with Crippen LogP contribution >= 0.6 is 11.3 Å². The summed E-state index contributed by atoms with van der Waals surface area (Å²) in [6.45, 7) is 4.27. The van der Waals surface area contributed by atoms with Gasteiger partial charge in [0, 0.05) is 18.3 Å². The van der Waals surface area contributed by atoms with Crippen molar-refractivity contribution >= 4 is 27.9 Å². The Labute approximate surface area is 126 Å². The lowest BCUT2D eigenvalue weighted by atomic mass is 10.2. The summed E-state index contributed by atoms with van der Waals surface area (Å²) in [5.74, 6) is -0.263. The zero-order valence-corrected chi connectivity index (χ0v) is 12.5. The lowest BCUT2D eigenvalue weighted by Crippen LogP contribution is -2.22. The van der Waals surface area contributed by atoms with Crippen LogP contribution in [0.4, 0.5) is 10.7 Å². The van der Waals surface area contributed by atoms with E-state index < -0.39 is 0 Å². The molecule has 110 valence electrons. The lowest BCUT2D eigenvalue weighted by Gasteiger charge is -2.11. The molecule has 0 bridgehead atoms. The molecule has 2 aromatic heterocycles. The Bertz CT molecular complexity index is 670. The number of rotatable bonds is 5. The number of nitrogens with zero attached hydrogens (tertiary/aromatic N) is 2. The fourth-order valence-electron chi connectivity index (χ4n) is 1.84. The number of nitriles is 1. The van der Waals surface area contributed by atoms with Crippen molar-refractivity contribution < 1.29 is 4.79 Å². The molecule has 0 radical (unpaired) electrons. The van der Waals surface area contributed by atoms with Gasteiger partial charge in [-0.2, -0.15) is 10.4 Å². The van der Waals surface area contributed by atoms with Gasteiger partial charge >= 0.3 is 0 Å². The van der Waals surface area contributed by atoms with E-state index in [0.29, 0.717) is 22.0 Å². The Morgan fingerprint density at radius 3 is 3.00 bits per heavy atom.